The van der Waals surface area contributed by atoms with E-state index in [0.717, 1.165) is 11.2 Å². The molecule has 1 amide bonds. The van der Waals surface area contributed by atoms with Crippen molar-refractivity contribution in [1.29, 1.82) is 0 Å². The summed E-state index contributed by atoms with van der Waals surface area (Å²) in [6.45, 7) is 1.47. The van der Waals surface area contributed by atoms with Gasteiger partial charge in [0.05, 0.1) is 35.4 Å². The van der Waals surface area contributed by atoms with E-state index >= 15 is 0 Å². The minimum absolute atomic E-state index is 0. The molecule has 0 aliphatic carbocycles. The molecule has 0 spiro atoms. The van der Waals surface area contributed by atoms with Gasteiger partial charge >= 0.3 is 29.6 Å². The molecule has 1 fully saturated rings. The van der Waals surface area contributed by atoms with Crippen LogP contribution in [-0.4, -0.2) is 58.3 Å². The molecule has 2 aliphatic rings. The second-order valence-electron chi connectivity index (χ2n) is 6.15. The van der Waals surface area contributed by atoms with Crippen molar-refractivity contribution in [1.82, 2.24) is 14.5 Å². The molecule has 130 valence electrons. The molecule has 25 heavy (non-hydrogen) atoms. The third-order valence-electron chi connectivity index (χ3n) is 4.40. The zero-order valence-electron chi connectivity index (χ0n) is 14.3. The number of carbonyl (C=O) groups is 2. The van der Waals surface area contributed by atoms with Crippen LogP contribution in [0.1, 0.15) is 19.0 Å². The van der Waals surface area contributed by atoms with Gasteiger partial charge in [-0.05, 0) is 13.3 Å². The van der Waals surface area contributed by atoms with E-state index in [9.17, 15) is 28.2 Å². The molecule has 1 N–H and O–H groups in total. The van der Waals surface area contributed by atoms with Crippen molar-refractivity contribution in [3.63, 3.8) is 0 Å². The first-order chi connectivity index (χ1) is 11.0. The number of aliphatic carboxylic acids is 1. The number of rotatable bonds is 4. The maximum Gasteiger partial charge on any atom is 1.00 e. The van der Waals surface area contributed by atoms with Gasteiger partial charge in [0.1, 0.15) is 0 Å². The van der Waals surface area contributed by atoms with Crippen molar-refractivity contribution in [2.75, 3.05) is 6.26 Å². The molecular formula is C14H16N3NaO6S. The zero-order chi connectivity index (χ0) is 18.0. The van der Waals surface area contributed by atoms with Gasteiger partial charge in [0.25, 0.3) is 0 Å². The van der Waals surface area contributed by atoms with E-state index in [-0.39, 0.29) is 58.1 Å². The molecule has 0 saturated carbocycles. The van der Waals surface area contributed by atoms with Gasteiger partial charge in [-0.3, -0.25) is 4.79 Å². The Labute approximate surface area is 166 Å². The van der Waals surface area contributed by atoms with Gasteiger partial charge in [0, 0.05) is 25.1 Å². The number of sulfone groups is 1. The SMILES string of the molecule is C[C@@H](O)[C@H]1C(=O)N2C(C(=O)[O-])=C(c3cn(C)c(S(C)(=O)=O)n3)C[C@H]12.[Na+]. The largest absolute Gasteiger partial charge is 1.00 e. The molecule has 0 unspecified atom stereocenters. The van der Waals surface area contributed by atoms with Crippen LogP contribution in [0.25, 0.3) is 5.57 Å². The normalized spacial score (nSPS) is 23.8. The second-order valence-corrected chi connectivity index (χ2v) is 8.06. The number of β-lactam (4-membered cyclic amide) rings is 1. The van der Waals surface area contributed by atoms with Gasteiger partial charge in [-0.15, -0.1) is 0 Å². The van der Waals surface area contributed by atoms with Crippen molar-refractivity contribution in [2.24, 2.45) is 13.0 Å². The molecule has 3 heterocycles. The van der Waals surface area contributed by atoms with E-state index in [0.29, 0.717) is 0 Å². The number of carboxylic acids is 1. The number of aliphatic hydroxyl groups excluding tert-OH is 1. The molecule has 0 aromatic carbocycles. The quantitative estimate of drug-likeness (QED) is 0.410. The summed E-state index contributed by atoms with van der Waals surface area (Å²) < 4.78 is 24.7. The number of aryl methyl sites for hydroxylation is 1. The topological polar surface area (TPSA) is 133 Å². The summed E-state index contributed by atoms with van der Waals surface area (Å²) in [4.78, 5) is 28.7. The second kappa shape index (κ2) is 6.51. The van der Waals surface area contributed by atoms with Crippen LogP contribution in [0.3, 0.4) is 0 Å². The van der Waals surface area contributed by atoms with E-state index < -0.39 is 39.8 Å². The summed E-state index contributed by atoms with van der Waals surface area (Å²) in [5.41, 5.74) is 0.103. The Bertz CT molecular complexity index is 888. The molecule has 11 heteroatoms. The number of fused-ring (bicyclic) bond motifs is 1. The molecule has 1 aromatic rings. The molecule has 3 atom stereocenters. The van der Waals surface area contributed by atoms with Crippen molar-refractivity contribution < 1.29 is 57.8 Å². The summed E-state index contributed by atoms with van der Waals surface area (Å²) in [7, 11) is -2.09. The molecule has 1 saturated heterocycles. The van der Waals surface area contributed by atoms with Crippen molar-refractivity contribution in [2.45, 2.75) is 30.6 Å². The first-order valence-electron chi connectivity index (χ1n) is 7.23. The predicted molar refractivity (Wildman–Crippen MR) is 78.7 cm³/mol. The van der Waals surface area contributed by atoms with E-state index in [4.69, 9.17) is 0 Å². The number of hydrogen-bond acceptors (Lipinski definition) is 7. The molecular weight excluding hydrogens is 361 g/mol. The van der Waals surface area contributed by atoms with Gasteiger partial charge in [-0.25, -0.2) is 13.4 Å². The molecule has 0 radical (unpaired) electrons. The van der Waals surface area contributed by atoms with E-state index in [1.165, 1.54) is 24.7 Å². The molecule has 0 bridgehead atoms. The maximum absolute atomic E-state index is 12.1. The number of carbonyl (C=O) groups excluding carboxylic acids is 2. The number of aliphatic hydroxyl groups is 1. The van der Waals surface area contributed by atoms with E-state index in [2.05, 4.69) is 4.98 Å². The van der Waals surface area contributed by atoms with Gasteiger partial charge in [0.2, 0.25) is 20.9 Å². The van der Waals surface area contributed by atoms with Crippen molar-refractivity contribution >= 4 is 27.3 Å². The third-order valence-corrected chi connectivity index (χ3v) is 5.44. The Balaban J connectivity index is 0.00000225. The number of carboxylic acid groups (broad SMARTS) is 1. The number of amides is 1. The number of imidazole rings is 1. The molecule has 1 aromatic heterocycles. The minimum atomic E-state index is -3.58. The molecule has 2 aliphatic heterocycles. The van der Waals surface area contributed by atoms with Crippen LogP contribution in [-0.2, 0) is 26.5 Å². The van der Waals surface area contributed by atoms with Crippen LogP contribution in [0.2, 0.25) is 0 Å². The Morgan fingerprint density at radius 1 is 1.48 bits per heavy atom. The fourth-order valence-corrected chi connectivity index (χ4v) is 4.27. The Morgan fingerprint density at radius 3 is 2.52 bits per heavy atom. The molecule has 3 rings (SSSR count). The average Bonchev–Trinajstić information content (AvgIpc) is 2.96. The standard InChI is InChI=1S/C14H17N3O6S.Na/c1-6(18)10-9-4-7(11(13(20)21)17(9)12(10)19)8-5-16(2)14(15-8)24(3,22)23;/h5-6,9-10,18H,4H2,1-3H3,(H,20,21);/q;+1/p-1/t6-,9-,10-;/m1./s1. The van der Waals surface area contributed by atoms with Crippen LogP contribution in [0, 0.1) is 5.92 Å². The fraction of sp³-hybridized carbons (Fsp3) is 0.500. The van der Waals surface area contributed by atoms with Crippen LogP contribution in [0.5, 0.6) is 0 Å². The molecule has 9 nitrogen and oxygen atoms in total. The Hall–Kier alpha value is -1.20. The summed E-state index contributed by atoms with van der Waals surface area (Å²) in [5, 5.41) is 21.0. The fourth-order valence-electron chi connectivity index (χ4n) is 3.43. The first kappa shape index (κ1) is 20.1. The summed E-state index contributed by atoms with van der Waals surface area (Å²) in [6, 6.07) is -0.482. The van der Waals surface area contributed by atoms with Gasteiger partial charge in [-0.2, -0.15) is 0 Å². The number of nitrogens with zero attached hydrogens (tertiary/aromatic N) is 3. The smallest absolute Gasteiger partial charge is 0.543 e. The maximum atomic E-state index is 12.1. The third kappa shape index (κ3) is 3.06. The van der Waals surface area contributed by atoms with Crippen molar-refractivity contribution in [3.8, 4) is 0 Å². The van der Waals surface area contributed by atoms with Crippen molar-refractivity contribution in [3.05, 3.63) is 17.6 Å². The Kier molecular flexibility index (Phi) is 5.24. The number of aromatic nitrogens is 2. The average molecular weight is 377 g/mol. The van der Waals surface area contributed by atoms with Crippen LogP contribution in [0.15, 0.2) is 17.1 Å². The summed E-state index contributed by atoms with van der Waals surface area (Å²) >= 11 is 0. The van der Waals surface area contributed by atoms with E-state index in [1.807, 2.05) is 0 Å². The van der Waals surface area contributed by atoms with E-state index in [1.54, 1.807) is 0 Å². The van der Waals surface area contributed by atoms with Gasteiger partial charge < -0.3 is 24.5 Å². The minimum Gasteiger partial charge on any atom is -0.543 e. The zero-order valence-corrected chi connectivity index (χ0v) is 17.1. The van der Waals surface area contributed by atoms with Gasteiger partial charge in [-0.1, -0.05) is 0 Å². The number of hydrogen-bond donors (Lipinski definition) is 1. The predicted octanol–water partition coefficient (Wildman–Crippen LogP) is -5.10. The summed E-state index contributed by atoms with van der Waals surface area (Å²) in [5.74, 6) is -2.70. The Morgan fingerprint density at radius 2 is 2.08 bits per heavy atom. The van der Waals surface area contributed by atoms with Crippen LogP contribution < -0.4 is 34.7 Å². The van der Waals surface area contributed by atoms with Crippen LogP contribution in [0.4, 0.5) is 0 Å². The van der Waals surface area contributed by atoms with Crippen LogP contribution >= 0.6 is 0 Å². The summed E-state index contributed by atoms with van der Waals surface area (Å²) in [6.07, 6.45) is 1.67. The monoisotopic (exact) mass is 377 g/mol. The first-order valence-corrected chi connectivity index (χ1v) is 9.12. The van der Waals surface area contributed by atoms with Gasteiger partial charge in [0.15, 0.2) is 0 Å².